The van der Waals surface area contributed by atoms with Crippen molar-refractivity contribution in [3.05, 3.63) is 27.9 Å². The van der Waals surface area contributed by atoms with Gasteiger partial charge in [-0.3, -0.25) is 5.41 Å². The summed E-state index contributed by atoms with van der Waals surface area (Å²) in [5, 5.41) is 17.3. The van der Waals surface area contributed by atoms with Gasteiger partial charge in [0.25, 0.3) is 0 Å². The third-order valence-electron chi connectivity index (χ3n) is 2.27. The van der Waals surface area contributed by atoms with Crippen LogP contribution in [0, 0.1) is 26.2 Å². The number of nitrogens with zero attached hydrogens (tertiary/aromatic N) is 3. The van der Waals surface area contributed by atoms with Gasteiger partial charge in [-0.25, -0.2) is 4.98 Å². The predicted octanol–water partition coefficient (Wildman–Crippen LogP) is 2.29. The van der Waals surface area contributed by atoms with Crippen molar-refractivity contribution in [2.24, 2.45) is 5.73 Å². The highest BCUT2D eigenvalue weighted by Crippen LogP contribution is 2.32. The Bertz CT molecular complexity index is 605. The molecule has 0 unspecified atom stereocenters. The van der Waals surface area contributed by atoms with E-state index in [0.29, 0.717) is 5.56 Å². The lowest BCUT2D eigenvalue weighted by atomic mass is 10.1. The second-order valence-corrected chi connectivity index (χ2v) is 6.28. The highest BCUT2D eigenvalue weighted by molar-refractivity contribution is 8.01. The van der Waals surface area contributed by atoms with Gasteiger partial charge in [0, 0.05) is 5.69 Å². The van der Waals surface area contributed by atoms with E-state index in [1.165, 1.54) is 23.1 Å². The van der Waals surface area contributed by atoms with Crippen molar-refractivity contribution in [2.45, 2.75) is 30.1 Å². The minimum Gasteiger partial charge on any atom is -0.384 e. The standard InChI is InChI=1S/C11H13N5S2/c1-5-4-6(2)14-10(8(5)9(12)13)18-11-16-15-7(3)17-11/h4H,1-3H3,(H3,12,13). The zero-order chi connectivity index (χ0) is 13.3. The molecule has 2 aromatic rings. The van der Waals surface area contributed by atoms with Crippen molar-refractivity contribution in [1.82, 2.24) is 15.2 Å². The number of nitrogen functional groups attached to an aromatic ring is 1. The van der Waals surface area contributed by atoms with E-state index in [1.54, 1.807) is 0 Å². The van der Waals surface area contributed by atoms with Crippen molar-refractivity contribution >= 4 is 28.9 Å². The first-order valence-electron chi connectivity index (χ1n) is 5.28. The zero-order valence-electron chi connectivity index (χ0n) is 10.3. The summed E-state index contributed by atoms with van der Waals surface area (Å²) in [6.07, 6.45) is 0. The summed E-state index contributed by atoms with van der Waals surface area (Å²) in [5.41, 5.74) is 8.16. The molecular formula is C11H13N5S2. The molecule has 2 rings (SSSR count). The third kappa shape index (κ3) is 2.68. The summed E-state index contributed by atoms with van der Waals surface area (Å²) in [7, 11) is 0. The Morgan fingerprint density at radius 3 is 2.61 bits per heavy atom. The number of hydrogen-bond donors (Lipinski definition) is 2. The van der Waals surface area contributed by atoms with E-state index < -0.39 is 0 Å². The number of aryl methyl sites for hydroxylation is 3. The number of nitrogens with one attached hydrogen (secondary N) is 1. The molecule has 3 N–H and O–H groups in total. The molecule has 0 fully saturated rings. The van der Waals surface area contributed by atoms with Crippen LogP contribution < -0.4 is 5.73 Å². The molecular weight excluding hydrogens is 266 g/mol. The van der Waals surface area contributed by atoms with Crippen molar-refractivity contribution in [3.8, 4) is 0 Å². The molecule has 0 spiro atoms. The van der Waals surface area contributed by atoms with Crippen LogP contribution in [0.4, 0.5) is 0 Å². The minimum absolute atomic E-state index is 0.0312. The molecule has 0 aliphatic rings. The Morgan fingerprint density at radius 1 is 1.33 bits per heavy atom. The van der Waals surface area contributed by atoms with Gasteiger partial charge in [-0.1, -0.05) is 11.3 Å². The quantitative estimate of drug-likeness (QED) is 0.664. The number of nitrogens with two attached hydrogens (primary N) is 1. The van der Waals surface area contributed by atoms with E-state index in [2.05, 4.69) is 15.2 Å². The molecule has 2 heterocycles. The van der Waals surface area contributed by atoms with E-state index in [-0.39, 0.29) is 5.84 Å². The average molecular weight is 279 g/mol. The van der Waals surface area contributed by atoms with Crippen LogP contribution in [0.15, 0.2) is 15.4 Å². The van der Waals surface area contributed by atoms with Crippen LogP contribution in [0.3, 0.4) is 0 Å². The first kappa shape index (κ1) is 13.0. The topological polar surface area (TPSA) is 88.5 Å². The van der Waals surface area contributed by atoms with Gasteiger partial charge >= 0.3 is 0 Å². The van der Waals surface area contributed by atoms with Gasteiger partial charge in [0.15, 0.2) is 4.34 Å². The molecule has 0 amide bonds. The average Bonchev–Trinajstić information content (AvgIpc) is 2.62. The fourth-order valence-corrected chi connectivity index (χ4v) is 3.60. The Morgan fingerprint density at radius 2 is 2.06 bits per heavy atom. The first-order chi connectivity index (χ1) is 8.47. The van der Waals surface area contributed by atoms with Crippen LogP contribution in [-0.4, -0.2) is 21.0 Å². The van der Waals surface area contributed by atoms with E-state index in [1.807, 2.05) is 26.8 Å². The summed E-state index contributed by atoms with van der Waals surface area (Å²) in [6.45, 7) is 5.76. The van der Waals surface area contributed by atoms with Crippen LogP contribution in [0.2, 0.25) is 0 Å². The number of aromatic nitrogens is 3. The number of amidine groups is 1. The molecule has 7 heteroatoms. The fourth-order valence-electron chi connectivity index (χ4n) is 1.61. The molecule has 0 aromatic carbocycles. The van der Waals surface area contributed by atoms with Gasteiger partial charge in [-0.15, -0.1) is 10.2 Å². The second-order valence-electron chi connectivity index (χ2n) is 3.86. The Kier molecular flexibility index (Phi) is 3.63. The normalized spacial score (nSPS) is 10.6. The summed E-state index contributed by atoms with van der Waals surface area (Å²) in [5.74, 6) is 0.0312. The fraction of sp³-hybridized carbons (Fsp3) is 0.273. The van der Waals surface area contributed by atoms with Crippen molar-refractivity contribution in [1.29, 1.82) is 5.41 Å². The van der Waals surface area contributed by atoms with E-state index in [9.17, 15) is 0 Å². The molecule has 0 saturated heterocycles. The minimum atomic E-state index is 0.0312. The van der Waals surface area contributed by atoms with Gasteiger partial charge < -0.3 is 5.73 Å². The van der Waals surface area contributed by atoms with Gasteiger partial charge in [0.05, 0.1) is 5.56 Å². The Balaban J connectivity index is 2.45. The number of pyridine rings is 1. The lowest BCUT2D eigenvalue weighted by Gasteiger charge is -2.09. The summed E-state index contributed by atoms with van der Waals surface area (Å²) < 4.78 is 0.813. The molecule has 2 aromatic heterocycles. The summed E-state index contributed by atoms with van der Waals surface area (Å²) in [6, 6.07) is 1.92. The Labute approximate surface area is 113 Å². The van der Waals surface area contributed by atoms with Crippen molar-refractivity contribution < 1.29 is 0 Å². The van der Waals surface area contributed by atoms with Gasteiger partial charge in [0.1, 0.15) is 15.9 Å². The third-order valence-corrected chi connectivity index (χ3v) is 4.15. The monoisotopic (exact) mass is 279 g/mol. The molecule has 0 aliphatic carbocycles. The largest absolute Gasteiger partial charge is 0.384 e. The van der Waals surface area contributed by atoms with Crippen LogP contribution in [0.25, 0.3) is 0 Å². The SMILES string of the molecule is Cc1cc(C)c(C(=N)N)c(Sc2nnc(C)s2)n1. The first-order valence-corrected chi connectivity index (χ1v) is 6.91. The maximum atomic E-state index is 7.65. The molecule has 18 heavy (non-hydrogen) atoms. The van der Waals surface area contributed by atoms with E-state index in [4.69, 9.17) is 11.1 Å². The van der Waals surface area contributed by atoms with E-state index in [0.717, 1.165) is 25.6 Å². The lowest BCUT2D eigenvalue weighted by molar-refractivity contribution is 0.975. The van der Waals surface area contributed by atoms with E-state index >= 15 is 0 Å². The van der Waals surface area contributed by atoms with Crippen LogP contribution in [0.5, 0.6) is 0 Å². The number of hydrogen-bond acceptors (Lipinski definition) is 6. The highest BCUT2D eigenvalue weighted by Gasteiger charge is 2.14. The summed E-state index contributed by atoms with van der Waals surface area (Å²) >= 11 is 2.91. The predicted molar refractivity (Wildman–Crippen MR) is 73.5 cm³/mol. The van der Waals surface area contributed by atoms with Crippen molar-refractivity contribution in [3.63, 3.8) is 0 Å². The zero-order valence-corrected chi connectivity index (χ0v) is 11.9. The maximum Gasteiger partial charge on any atom is 0.180 e. The molecule has 0 bridgehead atoms. The second kappa shape index (κ2) is 5.03. The highest BCUT2D eigenvalue weighted by atomic mass is 32.2. The van der Waals surface area contributed by atoms with Crippen LogP contribution in [0.1, 0.15) is 21.8 Å². The molecule has 0 atom stereocenters. The Hall–Kier alpha value is -1.47. The maximum absolute atomic E-state index is 7.65. The molecule has 0 aliphatic heterocycles. The van der Waals surface area contributed by atoms with Gasteiger partial charge in [-0.2, -0.15) is 0 Å². The van der Waals surface area contributed by atoms with Crippen LogP contribution in [-0.2, 0) is 0 Å². The van der Waals surface area contributed by atoms with Crippen LogP contribution >= 0.6 is 23.1 Å². The van der Waals surface area contributed by atoms with Gasteiger partial charge in [0.2, 0.25) is 0 Å². The molecule has 0 saturated carbocycles. The molecule has 0 radical (unpaired) electrons. The number of rotatable bonds is 3. The molecule has 5 nitrogen and oxygen atoms in total. The van der Waals surface area contributed by atoms with Crippen molar-refractivity contribution in [2.75, 3.05) is 0 Å². The van der Waals surface area contributed by atoms with Gasteiger partial charge in [-0.05, 0) is 44.2 Å². The lowest BCUT2D eigenvalue weighted by Crippen LogP contribution is -2.15. The smallest absolute Gasteiger partial charge is 0.180 e. The summed E-state index contributed by atoms with van der Waals surface area (Å²) in [4.78, 5) is 4.44. The molecule has 94 valence electrons.